The van der Waals surface area contributed by atoms with Gasteiger partial charge in [-0.2, -0.15) is 0 Å². The number of hydrogen-bond donors (Lipinski definition) is 1. The minimum atomic E-state index is -0.0637. The van der Waals surface area contributed by atoms with Crippen LogP contribution in [0.25, 0.3) is 0 Å². The number of nitrogens with zero attached hydrogens (tertiary/aromatic N) is 1. The fraction of sp³-hybridized carbons (Fsp3) is 0.917. The summed E-state index contributed by atoms with van der Waals surface area (Å²) in [5, 5.41) is 3.41. The van der Waals surface area contributed by atoms with Crippen molar-refractivity contribution in [2.75, 3.05) is 13.6 Å². The largest absolute Gasteiger partial charge is 0.341 e. The highest BCUT2D eigenvalue weighted by atomic mass is 16.2. The van der Waals surface area contributed by atoms with E-state index in [4.69, 9.17) is 0 Å². The minimum absolute atomic E-state index is 0.0637. The van der Waals surface area contributed by atoms with E-state index in [-0.39, 0.29) is 11.4 Å². The molecule has 0 bridgehead atoms. The maximum atomic E-state index is 11.9. The molecule has 1 atom stereocenters. The molecule has 1 aliphatic heterocycles. The Hall–Kier alpha value is -0.570. The van der Waals surface area contributed by atoms with Crippen LogP contribution in [0.2, 0.25) is 0 Å². The second kappa shape index (κ2) is 4.97. The second-order valence-electron chi connectivity index (χ2n) is 5.47. The van der Waals surface area contributed by atoms with Crippen molar-refractivity contribution < 1.29 is 4.79 Å². The molecule has 88 valence electrons. The fourth-order valence-electron chi connectivity index (χ4n) is 1.82. The Labute approximate surface area is 93.2 Å². The SMILES string of the molecule is CN(C(=O)CC1CCCCN1)C(C)(C)C. The number of rotatable bonds is 2. The third-order valence-electron chi connectivity index (χ3n) is 3.21. The predicted octanol–water partition coefficient (Wildman–Crippen LogP) is 1.78. The van der Waals surface area contributed by atoms with Gasteiger partial charge in [-0.05, 0) is 40.2 Å². The number of hydrogen-bond acceptors (Lipinski definition) is 2. The summed E-state index contributed by atoms with van der Waals surface area (Å²) in [7, 11) is 1.89. The highest BCUT2D eigenvalue weighted by Gasteiger charge is 2.25. The van der Waals surface area contributed by atoms with Crippen LogP contribution in [0.4, 0.5) is 0 Å². The van der Waals surface area contributed by atoms with E-state index in [9.17, 15) is 4.79 Å². The Morgan fingerprint density at radius 3 is 2.53 bits per heavy atom. The smallest absolute Gasteiger partial charge is 0.224 e. The van der Waals surface area contributed by atoms with Crippen molar-refractivity contribution in [3.8, 4) is 0 Å². The van der Waals surface area contributed by atoms with E-state index in [1.807, 2.05) is 11.9 Å². The van der Waals surface area contributed by atoms with Crippen molar-refractivity contribution in [2.24, 2.45) is 0 Å². The lowest BCUT2D eigenvalue weighted by atomic mass is 10.00. The first-order chi connectivity index (χ1) is 6.91. The quantitative estimate of drug-likeness (QED) is 0.756. The third-order valence-corrected chi connectivity index (χ3v) is 3.21. The summed E-state index contributed by atoms with van der Waals surface area (Å²) >= 11 is 0. The third kappa shape index (κ3) is 3.82. The van der Waals surface area contributed by atoms with Crippen molar-refractivity contribution in [3.63, 3.8) is 0 Å². The van der Waals surface area contributed by atoms with Crippen molar-refractivity contribution in [1.82, 2.24) is 10.2 Å². The van der Waals surface area contributed by atoms with Crippen molar-refractivity contribution >= 4 is 5.91 Å². The normalized spacial score (nSPS) is 22.5. The van der Waals surface area contributed by atoms with Crippen LogP contribution in [0.1, 0.15) is 46.5 Å². The van der Waals surface area contributed by atoms with Crippen LogP contribution >= 0.6 is 0 Å². The molecule has 3 heteroatoms. The molecule has 0 aromatic rings. The Balaban J connectivity index is 2.40. The van der Waals surface area contributed by atoms with Gasteiger partial charge in [0, 0.05) is 25.0 Å². The first-order valence-corrected chi connectivity index (χ1v) is 5.91. The van der Waals surface area contributed by atoms with Gasteiger partial charge in [0.1, 0.15) is 0 Å². The van der Waals surface area contributed by atoms with Gasteiger partial charge < -0.3 is 10.2 Å². The molecule has 1 N–H and O–H groups in total. The van der Waals surface area contributed by atoms with E-state index in [2.05, 4.69) is 26.1 Å². The van der Waals surface area contributed by atoms with E-state index < -0.39 is 0 Å². The van der Waals surface area contributed by atoms with E-state index in [1.54, 1.807) is 0 Å². The van der Waals surface area contributed by atoms with E-state index in [0.29, 0.717) is 12.5 Å². The molecule has 1 aliphatic rings. The van der Waals surface area contributed by atoms with Crippen LogP contribution in [-0.2, 0) is 4.79 Å². The molecule has 0 spiro atoms. The topological polar surface area (TPSA) is 32.3 Å². The Morgan fingerprint density at radius 1 is 1.40 bits per heavy atom. The summed E-state index contributed by atoms with van der Waals surface area (Å²) in [5.41, 5.74) is -0.0637. The number of piperidine rings is 1. The van der Waals surface area contributed by atoms with E-state index in [0.717, 1.165) is 13.0 Å². The number of carbonyl (C=O) groups excluding carboxylic acids is 1. The fourth-order valence-corrected chi connectivity index (χ4v) is 1.82. The van der Waals surface area contributed by atoms with Gasteiger partial charge in [0.25, 0.3) is 0 Å². The zero-order valence-corrected chi connectivity index (χ0v) is 10.5. The van der Waals surface area contributed by atoms with Gasteiger partial charge in [-0.25, -0.2) is 0 Å². The highest BCUT2D eigenvalue weighted by molar-refractivity contribution is 5.77. The zero-order chi connectivity index (χ0) is 11.5. The standard InChI is InChI=1S/C12H24N2O/c1-12(2,3)14(4)11(15)9-10-7-5-6-8-13-10/h10,13H,5-9H2,1-4H3. The maximum absolute atomic E-state index is 11.9. The number of carbonyl (C=O) groups is 1. The average molecular weight is 212 g/mol. The Morgan fingerprint density at radius 2 is 2.07 bits per heavy atom. The summed E-state index contributed by atoms with van der Waals surface area (Å²) in [6.07, 6.45) is 4.29. The first kappa shape index (κ1) is 12.5. The lowest BCUT2D eigenvalue weighted by Crippen LogP contribution is -2.46. The van der Waals surface area contributed by atoms with Gasteiger partial charge in [-0.3, -0.25) is 4.79 Å². The van der Waals surface area contributed by atoms with Crippen LogP contribution < -0.4 is 5.32 Å². The minimum Gasteiger partial charge on any atom is -0.341 e. The molecule has 1 unspecified atom stereocenters. The lowest BCUT2D eigenvalue weighted by molar-refractivity contribution is -0.134. The molecule has 0 aliphatic carbocycles. The van der Waals surface area contributed by atoms with Crippen molar-refractivity contribution in [1.29, 1.82) is 0 Å². The Kier molecular flexibility index (Phi) is 4.14. The second-order valence-corrected chi connectivity index (χ2v) is 5.47. The number of nitrogens with one attached hydrogen (secondary N) is 1. The summed E-state index contributed by atoms with van der Waals surface area (Å²) in [6, 6.07) is 0.399. The molecular weight excluding hydrogens is 188 g/mol. The van der Waals surface area contributed by atoms with Crippen LogP contribution in [0.5, 0.6) is 0 Å². The van der Waals surface area contributed by atoms with Crippen LogP contribution in [0.15, 0.2) is 0 Å². The Bertz CT molecular complexity index is 214. The van der Waals surface area contributed by atoms with Crippen LogP contribution in [0, 0.1) is 0 Å². The van der Waals surface area contributed by atoms with Crippen molar-refractivity contribution in [3.05, 3.63) is 0 Å². The molecule has 0 saturated carbocycles. The number of amides is 1. The average Bonchev–Trinajstić information content (AvgIpc) is 2.16. The summed E-state index contributed by atoms with van der Waals surface area (Å²) in [5.74, 6) is 0.252. The predicted molar refractivity (Wildman–Crippen MR) is 62.8 cm³/mol. The molecule has 1 heterocycles. The zero-order valence-electron chi connectivity index (χ0n) is 10.5. The van der Waals surface area contributed by atoms with Crippen LogP contribution in [0.3, 0.4) is 0 Å². The summed E-state index contributed by atoms with van der Waals surface area (Å²) in [6.45, 7) is 7.27. The van der Waals surface area contributed by atoms with Gasteiger partial charge in [-0.1, -0.05) is 6.42 Å². The van der Waals surface area contributed by atoms with E-state index >= 15 is 0 Å². The van der Waals surface area contributed by atoms with Gasteiger partial charge in [0.15, 0.2) is 0 Å². The van der Waals surface area contributed by atoms with Crippen LogP contribution in [-0.4, -0.2) is 36.0 Å². The summed E-state index contributed by atoms with van der Waals surface area (Å²) in [4.78, 5) is 13.8. The molecule has 1 saturated heterocycles. The van der Waals surface area contributed by atoms with E-state index in [1.165, 1.54) is 12.8 Å². The van der Waals surface area contributed by atoms with Gasteiger partial charge >= 0.3 is 0 Å². The molecule has 1 amide bonds. The monoisotopic (exact) mass is 212 g/mol. The summed E-state index contributed by atoms with van der Waals surface area (Å²) < 4.78 is 0. The molecule has 0 radical (unpaired) electrons. The van der Waals surface area contributed by atoms with Gasteiger partial charge in [0.05, 0.1) is 0 Å². The molecule has 3 nitrogen and oxygen atoms in total. The maximum Gasteiger partial charge on any atom is 0.224 e. The molecule has 0 aromatic heterocycles. The van der Waals surface area contributed by atoms with Gasteiger partial charge in [-0.15, -0.1) is 0 Å². The molecule has 0 aromatic carbocycles. The molecule has 15 heavy (non-hydrogen) atoms. The molecule has 1 fully saturated rings. The van der Waals surface area contributed by atoms with Gasteiger partial charge in [0.2, 0.25) is 5.91 Å². The molecule has 1 rings (SSSR count). The van der Waals surface area contributed by atoms with Crippen molar-refractivity contribution in [2.45, 2.75) is 58.0 Å². The lowest BCUT2D eigenvalue weighted by Gasteiger charge is -2.34. The first-order valence-electron chi connectivity index (χ1n) is 5.91. The highest BCUT2D eigenvalue weighted by Crippen LogP contribution is 2.15. The molecular formula is C12H24N2O.